The molecule has 0 saturated carbocycles. The van der Waals surface area contributed by atoms with Gasteiger partial charge in [-0.05, 0) is 38.9 Å². The van der Waals surface area contributed by atoms with Crippen LogP contribution in [0.2, 0.25) is 0 Å². The van der Waals surface area contributed by atoms with Gasteiger partial charge < -0.3 is 5.32 Å². The summed E-state index contributed by atoms with van der Waals surface area (Å²) in [5.41, 5.74) is 2.05. The number of nitrogens with zero attached hydrogens (tertiary/aromatic N) is 2. The summed E-state index contributed by atoms with van der Waals surface area (Å²) < 4.78 is 1.92. The zero-order valence-electron chi connectivity index (χ0n) is 9.99. The summed E-state index contributed by atoms with van der Waals surface area (Å²) in [6.45, 7) is 6.85. The summed E-state index contributed by atoms with van der Waals surface area (Å²) in [6, 6.07) is 2.01. The van der Waals surface area contributed by atoms with Crippen molar-refractivity contribution in [3.05, 3.63) is 17.5 Å². The lowest BCUT2D eigenvalue weighted by atomic mass is 9.95. The van der Waals surface area contributed by atoms with E-state index in [0.717, 1.165) is 31.0 Å². The Labute approximate surface area is 96.0 Å². The van der Waals surface area contributed by atoms with E-state index in [9.17, 15) is 4.79 Å². The smallest absolute Gasteiger partial charge is 0.139 e. The first-order valence-electron chi connectivity index (χ1n) is 5.94. The van der Waals surface area contributed by atoms with Crippen LogP contribution in [0.3, 0.4) is 0 Å². The molecule has 16 heavy (non-hydrogen) atoms. The highest BCUT2D eigenvalue weighted by Gasteiger charge is 2.20. The Hall–Kier alpha value is -1.16. The second-order valence-corrected chi connectivity index (χ2v) is 4.54. The highest BCUT2D eigenvalue weighted by Crippen LogP contribution is 2.12. The monoisotopic (exact) mass is 221 g/mol. The molecule has 1 aliphatic rings. The average molecular weight is 221 g/mol. The maximum atomic E-state index is 11.8. The first kappa shape index (κ1) is 11.3. The van der Waals surface area contributed by atoms with Gasteiger partial charge in [-0.3, -0.25) is 9.48 Å². The van der Waals surface area contributed by atoms with Crippen molar-refractivity contribution < 1.29 is 4.79 Å². The zero-order valence-corrected chi connectivity index (χ0v) is 9.99. The third-order valence-corrected chi connectivity index (χ3v) is 3.05. The van der Waals surface area contributed by atoms with Crippen LogP contribution in [0.5, 0.6) is 0 Å². The number of ketones is 1. The molecule has 0 aliphatic carbocycles. The number of hydrogen-bond donors (Lipinski definition) is 1. The van der Waals surface area contributed by atoms with Crippen molar-refractivity contribution in [2.75, 3.05) is 13.1 Å². The molecule has 4 heteroatoms. The highest BCUT2D eigenvalue weighted by atomic mass is 16.1. The van der Waals surface area contributed by atoms with E-state index in [1.165, 1.54) is 0 Å². The van der Waals surface area contributed by atoms with Crippen LogP contribution in [0.1, 0.15) is 24.7 Å². The Kier molecular flexibility index (Phi) is 3.39. The molecule has 0 atom stereocenters. The predicted molar refractivity (Wildman–Crippen MR) is 62.3 cm³/mol. The van der Waals surface area contributed by atoms with Gasteiger partial charge in [0, 0.05) is 25.1 Å². The molecule has 0 spiro atoms. The minimum atomic E-state index is 0.334. The average Bonchev–Trinajstić information content (AvgIpc) is 2.52. The molecule has 0 aromatic carbocycles. The molecule has 0 radical (unpaired) electrons. The number of aromatic nitrogens is 2. The summed E-state index contributed by atoms with van der Waals surface area (Å²) in [5, 5.41) is 7.53. The fourth-order valence-corrected chi connectivity index (χ4v) is 2.10. The molecule has 1 aliphatic heterocycles. The molecule has 88 valence electrons. The van der Waals surface area contributed by atoms with Crippen molar-refractivity contribution >= 4 is 5.78 Å². The second-order valence-electron chi connectivity index (χ2n) is 4.54. The summed E-state index contributed by atoms with van der Waals surface area (Å²) in [6.07, 6.45) is 1.24. The number of rotatable bonds is 5. The minimum Gasteiger partial charge on any atom is -0.316 e. The number of hydrogen-bond acceptors (Lipinski definition) is 3. The highest BCUT2D eigenvalue weighted by molar-refractivity contribution is 5.80. The molecule has 1 aromatic rings. The molecule has 2 heterocycles. The Balaban J connectivity index is 1.93. The predicted octanol–water partition coefficient (Wildman–Crippen LogP) is 0.933. The summed E-state index contributed by atoms with van der Waals surface area (Å²) in [7, 11) is 0. The Morgan fingerprint density at radius 1 is 1.62 bits per heavy atom. The lowest BCUT2D eigenvalue weighted by Crippen LogP contribution is -2.43. The fraction of sp³-hybridized carbons (Fsp3) is 0.667. The van der Waals surface area contributed by atoms with Gasteiger partial charge >= 0.3 is 0 Å². The van der Waals surface area contributed by atoms with Crippen molar-refractivity contribution in [2.24, 2.45) is 5.92 Å². The number of carbonyl (C=O) groups is 1. The number of carbonyl (C=O) groups excluding carboxylic acids is 1. The second kappa shape index (κ2) is 4.78. The van der Waals surface area contributed by atoms with E-state index in [2.05, 4.69) is 17.3 Å². The normalized spacial score (nSPS) is 16.1. The molecule has 0 unspecified atom stereocenters. The maximum Gasteiger partial charge on any atom is 0.139 e. The first-order valence-corrected chi connectivity index (χ1v) is 5.94. The minimum absolute atomic E-state index is 0.334. The molecule has 4 nitrogen and oxygen atoms in total. The van der Waals surface area contributed by atoms with E-state index in [1.54, 1.807) is 0 Å². The van der Waals surface area contributed by atoms with E-state index in [0.29, 0.717) is 24.5 Å². The lowest BCUT2D eigenvalue weighted by molar-refractivity contribution is -0.119. The van der Waals surface area contributed by atoms with Gasteiger partial charge in [0.15, 0.2) is 0 Å². The van der Waals surface area contributed by atoms with Crippen molar-refractivity contribution in [1.29, 1.82) is 0 Å². The van der Waals surface area contributed by atoms with Crippen molar-refractivity contribution in [3.63, 3.8) is 0 Å². The van der Waals surface area contributed by atoms with Gasteiger partial charge in [-0.25, -0.2) is 0 Å². The third kappa shape index (κ3) is 2.50. The Morgan fingerprint density at radius 3 is 2.94 bits per heavy atom. The van der Waals surface area contributed by atoms with Crippen LogP contribution in [0.25, 0.3) is 0 Å². The van der Waals surface area contributed by atoms with E-state index < -0.39 is 0 Å². The van der Waals surface area contributed by atoms with Crippen LogP contribution in [-0.2, 0) is 17.8 Å². The van der Waals surface area contributed by atoms with E-state index in [1.807, 2.05) is 17.7 Å². The number of Topliss-reactive ketones (excluding diaryl/α,β-unsaturated/α-hetero) is 1. The Morgan fingerprint density at radius 2 is 2.38 bits per heavy atom. The number of aryl methyl sites for hydroxylation is 2. The quantitative estimate of drug-likeness (QED) is 0.804. The Bertz CT molecular complexity index is 380. The van der Waals surface area contributed by atoms with Crippen LogP contribution in [-0.4, -0.2) is 28.7 Å². The lowest BCUT2D eigenvalue weighted by Gasteiger charge is -2.26. The van der Waals surface area contributed by atoms with E-state index >= 15 is 0 Å². The third-order valence-electron chi connectivity index (χ3n) is 3.05. The van der Waals surface area contributed by atoms with Gasteiger partial charge in [0.1, 0.15) is 5.78 Å². The van der Waals surface area contributed by atoms with Gasteiger partial charge in [0.05, 0.1) is 5.69 Å². The zero-order chi connectivity index (χ0) is 11.5. The van der Waals surface area contributed by atoms with Crippen molar-refractivity contribution in [3.8, 4) is 0 Å². The molecule has 1 fully saturated rings. The molecule has 0 amide bonds. The summed E-state index contributed by atoms with van der Waals surface area (Å²) in [4.78, 5) is 11.8. The van der Waals surface area contributed by atoms with Crippen LogP contribution in [0, 0.1) is 12.8 Å². The molecule has 1 N–H and O–H groups in total. The van der Waals surface area contributed by atoms with Crippen LogP contribution in [0.15, 0.2) is 6.07 Å². The van der Waals surface area contributed by atoms with Gasteiger partial charge in [0.25, 0.3) is 0 Å². The first-order chi connectivity index (χ1) is 7.69. The molecular formula is C12H19N3O. The SMILES string of the molecule is CCn1nc(C)cc1CC(=O)CC1CNC1. The topological polar surface area (TPSA) is 46.9 Å². The number of nitrogens with one attached hydrogen (secondary N) is 1. The standard InChI is InChI=1S/C12H19N3O/c1-3-15-11(4-9(2)14-15)6-12(16)5-10-7-13-8-10/h4,10,13H,3,5-8H2,1-2H3. The van der Waals surface area contributed by atoms with E-state index in [-0.39, 0.29) is 0 Å². The summed E-state index contributed by atoms with van der Waals surface area (Å²) in [5.74, 6) is 0.896. The van der Waals surface area contributed by atoms with Gasteiger partial charge in [-0.15, -0.1) is 0 Å². The largest absolute Gasteiger partial charge is 0.316 e. The van der Waals surface area contributed by atoms with Crippen LogP contribution in [0.4, 0.5) is 0 Å². The van der Waals surface area contributed by atoms with Gasteiger partial charge in [-0.2, -0.15) is 5.10 Å². The fourth-order valence-electron chi connectivity index (χ4n) is 2.10. The van der Waals surface area contributed by atoms with E-state index in [4.69, 9.17) is 0 Å². The van der Waals surface area contributed by atoms with Crippen molar-refractivity contribution in [1.82, 2.24) is 15.1 Å². The molecule has 0 bridgehead atoms. The molecule has 1 aromatic heterocycles. The van der Waals surface area contributed by atoms with Crippen molar-refractivity contribution in [2.45, 2.75) is 33.2 Å². The van der Waals surface area contributed by atoms with Crippen LogP contribution < -0.4 is 5.32 Å². The molecule has 1 saturated heterocycles. The van der Waals surface area contributed by atoms with Gasteiger partial charge in [-0.1, -0.05) is 0 Å². The van der Waals surface area contributed by atoms with Crippen LogP contribution >= 0.6 is 0 Å². The molecule has 2 rings (SSSR count). The molecular weight excluding hydrogens is 202 g/mol. The summed E-state index contributed by atoms with van der Waals surface area (Å²) >= 11 is 0. The van der Waals surface area contributed by atoms with Gasteiger partial charge in [0.2, 0.25) is 0 Å². The maximum absolute atomic E-state index is 11.8.